The van der Waals surface area contributed by atoms with Gasteiger partial charge in [0.2, 0.25) is 0 Å². The highest BCUT2D eigenvalue weighted by Crippen LogP contribution is 2.46. The zero-order valence-electron chi connectivity index (χ0n) is 67.7. The Bertz CT molecular complexity index is 4470. The first-order chi connectivity index (χ1) is 50.6. The minimum atomic E-state index is -0.223. The molecule has 4 heteroatoms. The lowest BCUT2D eigenvalue weighted by molar-refractivity contribution is 0.278. The van der Waals surface area contributed by atoms with Gasteiger partial charge in [0.05, 0.1) is 7.11 Å². The lowest BCUT2D eigenvalue weighted by Gasteiger charge is -2.30. The van der Waals surface area contributed by atoms with Crippen LogP contribution in [0.5, 0.6) is 17.2 Å². The van der Waals surface area contributed by atoms with Gasteiger partial charge in [0, 0.05) is 41.3 Å². The van der Waals surface area contributed by atoms with E-state index < -0.39 is 0 Å². The second kappa shape index (κ2) is 30.4. The summed E-state index contributed by atoms with van der Waals surface area (Å²) in [6.45, 7) is 43.7. The third-order valence-corrected chi connectivity index (χ3v) is 23.2. The van der Waals surface area contributed by atoms with Gasteiger partial charge in [-0.25, -0.2) is 0 Å². The van der Waals surface area contributed by atoms with Gasteiger partial charge in [-0.2, -0.15) is 0 Å². The topological polar surface area (TPSA) is 27.7 Å². The van der Waals surface area contributed by atoms with Crippen LogP contribution in [0.2, 0.25) is 0 Å². The molecule has 13 rings (SSSR count). The summed E-state index contributed by atoms with van der Waals surface area (Å²) in [5, 5.41) is 0. The molecule has 0 spiro atoms. The summed E-state index contributed by atoms with van der Waals surface area (Å²) in [4.78, 5) is 0. The molecule has 0 saturated heterocycles. The summed E-state index contributed by atoms with van der Waals surface area (Å²) in [6, 6.07) is 80.2. The van der Waals surface area contributed by atoms with Crippen molar-refractivity contribution in [1.82, 2.24) is 0 Å². The van der Waals surface area contributed by atoms with Gasteiger partial charge in [0.1, 0.15) is 30.5 Å². The van der Waals surface area contributed by atoms with Crippen LogP contribution in [-0.4, -0.2) is 7.11 Å². The smallest absolute Gasteiger partial charge is 0.132 e. The van der Waals surface area contributed by atoms with E-state index in [1.807, 2.05) is 7.11 Å². The van der Waals surface area contributed by atoms with E-state index in [2.05, 4.69) is 347 Å². The number of hydrogen-bond acceptors (Lipinski definition) is 3. The normalized spacial score (nSPS) is 13.8. The van der Waals surface area contributed by atoms with Gasteiger partial charge in [-0.1, -0.05) is 335 Å². The lowest BCUT2D eigenvalue weighted by atomic mass is 9.76. The average molecular weight is 1480 g/mol. The zero-order chi connectivity index (χ0) is 76.1. The Labute approximate surface area is 651 Å². The molecule has 0 saturated carbocycles. The summed E-state index contributed by atoms with van der Waals surface area (Å²) in [5.74, 6) is 2.62. The second-order valence-corrected chi connectivity index (χ2v) is 38.3. The number of fused-ring (bicyclic) bond motifs is 10. The van der Waals surface area contributed by atoms with Gasteiger partial charge < -0.3 is 14.2 Å². The van der Waals surface area contributed by atoms with Gasteiger partial charge in [-0.3, -0.25) is 0 Å². The molecule has 3 nitrogen and oxygen atoms in total. The van der Waals surface area contributed by atoms with Crippen molar-refractivity contribution < 1.29 is 14.2 Å². The second-order valence-electron chi connectivity index (χ2n) is 37.4. The third kappa shape index (κ3) is 17.7. The molecule has 0 atom stereocenters. The van der Waals surface area contributed by atoms with Crippen LogP contribution < -0.4 is 14.2 Å². The highest BCUT2D eigenvalue weighted by molar-refractivity contribution is 9.10. The van der Waals surface area contributed by atoms with Gasteiger partial charge in [-0.15, -0.1) is 0 Å². The predicted octanol–water partition coefficient (Wildman–Crippen LogP) is 25.9. The Morgan fingerprint density at radius 1 is 0.262 bits per heavy atom. The van der Waals surface area contributed by atoms with Crippen LogP contribution in [0, 0.1) is 0 Å². The Morgan fingerprint density at radius 2 is 0.449 bits per heavy atom. The molecular weight excluding hydrogens is 1370 g/mol. The van der Waals surface area contributed by atoms with Crippen LogP contribution in [0.4, 0.5) is 0 Å². The number of hydrogen-bond donors (Lipinski definition) is 0. The van der Waals surface area contributed by atoms with Gasteiger partial charge in [0.25, 0.3) is 0 Å². The number of ether oxygens (including phenoxy) is 3. The molecule has 12 bridgehead atoms. The average Bonchev–Trinajstić information content (AvgIpc) is 0.763. The molecule has 11 aromatic rings. The van der Waals surface area contributed by atoms with Gasteiger partial charge >= 0.3 is 0 Å². The summed E-state index contributed by atoms with van der Waals surface area (Å²) in [6.07, 6.45) is 7.21. The van der Waals surface area contributed by atoms with Crippen molar-refractivity contribution in [3.63, 3.8) is 0 Å². The molecule has 0 amide bonds. The SMILES string of the molecule is COc1c2cc(Br)cc1COc1c3cc(C(C)(C)C)cc1Cc1cc(C(C)(C)C)cc(c1Cc1ccccc1)Cc1cc(C(C)(C)C)cc(c1Cc1ccccc1)Cc1cc(C(C)(C)C)cc(c1OC2)Cc1cc(C(C)(C)C)cc(c1Cc1ccccc1)Cc1cc(C(C)(C)C)cc(c1Cc1ccccc1)C3. The highest BCUT2D eigenvalue weighted by atomic mass is 79.9. The Morgan fingerprint density at radius 3 is 0.636 bits per heavy atom. The molecule has 2 aliphatic heterocycles. The minimum Gasteiger partial charge on any atom is -0.496 e. The standard InChI is InChI=1S/C103H115BrO3/c1-98(2,3)84-50-70-44-71-51-85(99(4,5)6)55-75(92(71)41-67-34-26-21-27-35-67)47-80-60-89(103(16,17)18)61-81-49-77-57-87(101(10,11)12)53-73(94(77)43-69-38-30-23-31-39-69)45-72-52-86(100(7,8)9)56-76(93(72)42-68-36-28-22-29-37-68)48-79-59-88(102(13,14)15)58-78(46-74(54-84)91(70)40-66-32-24-20-25-33-66)96(79)106-64-82-62-90(104)63-83(95(82)105-19)65-107-97(80)81/h20-39,50-63H,40-49,64-65H2,1-19H3. The van der Waals surface area contributed by atoms with E-state index in [0.717, 1.165) is 71.4 Å². The maximum absolute atomic E-state index is 7.94. The van der Waals surface area contributed by atoms with Crippen molar-refractivity contribution in [2.75, 3.05) is 7.11 Å². The molecule has 107 heavy (non-hydrogen) atoms. The largest absolute Gasteiger partial charge is 0.496 e. The molecule has 11 aromatic carbocycles. The first-order valence-corrected chi connectivity index (χ1v) is 40.1. The molecule has 0 aliphatic carbocycles. The zero-order valence-corrected chi connectivity index (χ0v) is 69.3. The maximum Gasteiger partial charge on any atom is 0.132 e. The molecule has 0 radical (unpaired) electrons. The van der Waals surface area contributed by atoms with Crippen molar-refractivity contribution in [3.05, 3.63) is 367 Å². The van der Waals surface area contributed by atoms with Gasteiger partial charge in [0.15, 0.2) is 0 Å². The minimum absolute atomic E-state index is 0.183. The van der Waals surface area contributed by atoms with E-state index in [9.17, 15) is 0 Å². The lowest BCUT2D eigenvalue weighted by Crippen LogP contribution is -2.19. The number of halogens is 1. The van der Waals surface area contributed by atoms with Crippen LogP contribution in [0.15, 0.2) is 211 Å². The summed E-state index contributed by atoms with van der Waals surface area (Å²) in [5.41, 5.74) is 34.8. The molecule has 2 aliphatic rings. The van der Waals surface area contributed by atoms with Crippen molar-refractivity contribution in [2.45, 2.75) is 235 Å². The van der Waals surface area contributed by atoms with Crippen molar-refractivity contribution in [1.29, 1.82) is 0 Å². The van der Waals surface area contributed by atoms with E-state index in [0.29, 0.717) is 25.7 Å². The molecule has 0 aromatic heterocycles. The molecule has 0 N–H and O–H groups in total. The Kier molecular flexibility index (Phi) is 21.7. The fourth-order valence-corrected chi connectivity index (χ4v) is 16.8. The molecule has 0 fully saturated rings. The highest BCUT2D eigenvalue weighted by Gasteiger charge is 2.32. The van der Waals surface area contributed by atoms with E-state index in [4.69, 9.17) is 14.2 Å². The summed E-state index contributed by atoms with van der Waals surface area (Å²) in [7, 11) is 1.82. The molecular formula is C103H115BrO3. The Balaban J connectivity index is 1.24. The summed E-state index contributed by atoms with van der Waals surface area (Å²) < 4.78 is 23.6. The van der Waals surface area contributed by atoms with E-state index in [-0.39, 0.29) is 45.7 Å². The predicted molar refractivity (Wildman–Crippen MR) is 454 cm³/mol. The number of benzene rings is 11. The van der Waals surface area contributed by atoms with Crippen LogP contribution in [-0.2, 0) is 110 Å². The van der Waals surface area contributed by atoms with E-state index in [1.165, 1.54) is 145 Å². The number of methoxy groups -OCH3 is 1. The first-order valence-electron chi connectivity index (χ1n) is 39.3. The van der Waals surface area contributed by atoms with Gasteiger partial charge in [-0.05, 0) is 228 Å². The molecule has 2 heterocycles. The maximum atomic E-state index is 7.94. The molecule has 0 unspecified atom stereocenters. The van der Waals surface area contributed by atoms with Crippen LogP contribution in [0.1, 0.15) is 280 Å². The quantitative estimate of drug-likeness (QED) is 0.144. The fourth-order valence-electron chi connectivity index (χ4n) is 16.3. The third-order valence-electron chi connectivity index (χ3n) is 22.8. The summed E-state index contributed by atoms with van der Waals surface area (Å²) >= 11 is 4.11. The fraction of sp³-hybridized carbons (Fsp3) is 0.359. The van der Waals surface area contributed by atoms with Crippen molar-refractivity contribution in [2.24, 2.45) is 0 Å². The Hall–Kier alpha value is -8.70. The van der Waals surface area contributed by atoms with Crippen LogP contribution in [0.25, 0.3) is 0 Å². The van der Waals surface area contributed by atoms with Crippen LogP contribution in [0.3, 0.4) is 0 Å². The number of rotatable bonds is 9. The van der Waals surface area contributed by atoms with Crippen molar-refractivity contribution in [3.8, 4) is 17.2 Å². The monoisotopic (exact) mass is 1480 g/mol. The van der Waals surface area contributed by atoms with Crippen LogP contribution >= 0.6 is 15.9 Å². The first kappa shape index (κ1) is 76.5. The van der Waals surface area contributed by atoms with E-state index in [1.54, 1.807) is 0 Å². The van der Waals surface area contributed by atoms with E-state index >= 15 is 0 Å². The van der Waals surface area contributed by atoms with Crippen molar-refractivity contribution >= 4 is 15.9 Å². The molecule has 552 valence electrons.